The number of rotatable bonds is 1. The van der Waals surface area contributed by atoms with Crippen molar-refractivity contribution in [3.63, 3.8) is 0 Å². The van der Waals surface area contributed by atoms with Crippen LogP contribution >= 0.6 is 0 Å². The van der Waals surface area contributed by atoms with Gasteiger partial charge in [-0.3, -0.25) is 4.79 Å². The Morgan fingerprint density at radius 2 is 2.14 bits per heavy atom. The van der Waals surface area contributed by atoms with E-state index >= 15 is 0 Å². The van der Waals surface area contributed by atoms with Crippen LogP contribution in [0.1, 0.15) is 41.3 Å². The number of hydrogen-bond donors (Lipinski definition) is 1. The largest absolute Gasteiger partial charge is 0.508 e. The van der Waals surface area contributed by atoms with Crippen molar-refractivity contribution in [2.45, 2.75) is 32.6 Å². The van der Waals surface area contributed by atoms with Crippen LogP contribution in [0, 0.1) is 0 Å². The van der Waals surface area contributed by atoms with Crippen LogP contribution in [0.15, 0.2) is 12.1 Å². The molecule has 0 heterocycles. The third kappa shape index (κ3) is 1.41. The highest BCUT2D eigenvalue weighted by molar-refractivity contribution is 6.00. The van der Waals surface area contributed by atoms with Crippen LogP contribution < -0.4 is 0 Å². The average Bonchev–Trinajstić information content (AvgIpc) is 2.16. The number of aryl methyl sites for hydroxylation is 2. The van der Waals surface area contributed by atoms with E-state index in [4.69, 9.17) is 0 Å². The molecule has 1 aliphatic carbocycles. The van der Waals surface area contributed by atoms with E-state index in [0.29, 0.717) is 6.42 Å². The molecule has 14 heavy (non-hydrogen) atoms. The third-order valence-electron chi connectivity index (χ3n) is 2.80. The summed E-state index contributed by atoms with van der Waals surface area (Å²) >= 11 is 0. The molecule has 0 saturated heterocycles. The number of aromatic hydroxyl groups is 1. The van der Waals surface area contributed by atoms with E-state index in [1.165, 1.54) is 0 Å². The van der Waals surface area contributed by atoms with Crippen molar-refractivity contribution in [3.8, 4) is 5.75 Å². The minimum Gasteiger partial charge on any atom is -0.508 e. The summed E-state index contributed by atoms with van der Waals surface area (Å²) in [6.45, 7) is 2.01. The van der Waals surface area contributed by atoms with Crippen molar-refractivity contribution in [2.75, 3.05) is 0 Å². The second-order valence-electron chi connectivity index (χ2n) is 3.77. The van der Waals surface area contributed by atoms with Gasteiger partial charge in [-0.05, 0) is 42.5 Å². The monoisotopic (exact) mass is 190 g/mol. The molecule has 1 N–H and O–H groups in total. The number of phenolic OH excluding ortho intramolecular Hbond substituents is 1. The van der Waals surface area contributed by atoms with E-state index in [-0.39, 0.29) is 11.5 Å². The predicted octanol–water partition coefficient (Wildman–Crippen LogP) is 2.47. The zero-order valence-corrected chi connectivity index (χ0v) is 8.34. The lowest BCUT2D eigenvalue weighted by atomic mass is 9.86. The Morgan fingerprint density at radius 1 is 1.36 bits per heavy atom. The first kappa shape index (κ1) is 9.25. The molecule has 0 amide bonds. The summed E-state index contributed by atoms with van der Waals surface area (Å²) in [6.07, 6.45) is 3.30. The lowest BCUT2D eigenvalue weighted by Gasteiger charge is -2.18. The number of benzene rings is 1. The van der Waals surface area contributed by atoms with Gasteiger partial charge in [-0.2, -0.15) is 0 Å². The average molecular weight is 190 g/mol. The Labute approximate surface area is 83.6 Å². The van der Waals surface area contributed by atoms with Gasteiger partial charge in [0.25, 0.3) is 0 Å². The van der Waals surface area contributed by atoms with Gasteiger partial charge in [0.05, 0.1) is 0 Å². The first-order chi connectivity index (χ1) is 6.72. The molecule has 0 unspecified atom stereocenters. The normalized spacial score (nSPS) is 15.4. The zero-order chi connectivity index (χ0) is 10.1. The molecule has 0 atom stereocenters. The van der Waals surface area contributed by atoms with E-state index in [1.807, 2.05) is 6.92 Å². The first-order valence-corrected chi connectivity index (χ1v) is 5.10. The summed E-state index contributed by atoms with van der Waals surface area (Å²) in [4.78, 5) is 11.7. The zero-order valence-electron chi connectivity index (χ0n) is 8.34. The Morgan fingerprint density at radius 3 is 2.86 bits per heavy atom. The number of Topliss-reactive ketones (excluding diaryl/α,β-unsaturated/α-hetero) is 1. The number of fused-ring (bicyclic) bond motifs is 1. The van der Waals surface area contributed by atoms with E-state index in [1.54, 1.807) is 12.1 Å². The molecule has 0 aliphatic heterocycles. The molecule has 0 spiro atoms. The van der Waals surface area contributed by atoms with Crippen LogP contribution in [0.3, 0.4) is 0 Å². The van der Waals surface area contributed by atoms with Crippen LogP contribution in [0.4, 0.5) is 0 Å². The van der Waals surface area contributed by atoms with Crippen LogP contribution in [-0.4, -0.2) is 10.9 Å². The van der Waals surface area contributed by atoms with Gasteiger partial charge in [0.1, 0.15) is 5.75 Å². The van der Waals surface area contributed by atoms with Gasteiger partial charge in [0.2, 0.25) is 0 Å². The maximum atomic E-state index is 11.7. The number of carbonyl (C=O) groups excluding carboxylic acids is 1. The Balaban J connectivity index is 2.61. The molecule has 1 aliphatic rings. The number of carbonyl (C=O) groups is 1. The maximum absolute atomic E-state index is 11.7. The molecule has 0 fully saturated rings. The van der Waals surface area contributed by atoms with Crippen LogP contribution in [0.25, 0.3) is 0 Å². The highest BCUT2D eigenvalue weighted by Crippen LogP contribution is 2.28. The van der Waals surface area contributed by atoms with Crippen LogP contribution in [-0.2, 0) is 12.8 Å². The minimum atomic E-state index is 0.239. The van der Waals surface area contributed by atoms with Gasteiger partial charge in [0, 0.05) is 12.0 Å². The highest BCUT2D eigenvalue weighted by atomic mass is 16.3. The smallest absolute Gasteiger partial charge is 0.163 e. The molecule has 0 aromatic heterocycles. The Hall–Kier alpha value is -1.31. The topological polar surface area (TPSA) is 37.3 Å². The van der Waals surface area contributed by atoms with Gasteiger partial charge < -0.3 is 5.11 Å². The maximum Gasteiger partial charge on any atom is 0.163 e. The standard InChI is InChI=1S/C12H14O2/c1-2-8-6-10(13)7-9-4-3-5-11(14)12(8)9/h6-7,13H,2-5H2,1H3. The summed E-state index contributed by atoms with van der Waals surface area (Å²) in [5, 5.41) is 9.48. The van der Waals surface area contributed by atoms with E-state index in [2.05, 4.69) is 0 Å². The fourth-order valence-electron chi connectivity index (χ4n) is 2.15. The van der Waals surface area contributed by atoms with E-state index < -0.39 is 0 Å². The molecule has 0 saturated carbocycles. The van der Waals surface area contributed by atoms with Crippen molar-refractivity contribution in [3.05, 3.63) is 28.8 Å². The molecule has 2 nitrogen and oxygen atoms in total. The number of hydrogen-bond acceptors (Lipinski definition) is 2. The number of phenols is 1. The van der Waals surface area contributed by atoms with Crippen LogP contribution in [0.2, 0.25) is 0 Å². The molecule has 2 rings (SSSR count). The second-order valence-corrected chi connectivity index (χ2v) is 3.77. The van der Waals surface area contributed by atoms with Gasteiger partial charge >= 0.3 is 0 Å². The molecule has 1 aromatic carbocycles. The van der Waals surface area contributed by atoms with Crippen molar-refractivity contribution < 1.29 is 9.90 Å². The molecule has 0 radical (unpaired) electrons. The van der Waals surface area contributed by atoms with Gasteiger partial charge in [-0.1, -0.05) is 6.92 Å². The van der Waals surface area contributed by atoms with Crippen molar-refractivity contribution in [2.24, 2.45) is 0 Å². The molecule has 1 aromatic rings. The first-order valence-electron chi connectivity index (χ1n) is 5.10. The minimum absolute atomic E-state index is 0.239. The lowest BCUT2D eigenvalue weighted by Crippen LogP contribution is -2.13. The Bertz CT molecular complexity index is 363. The van der Waals surface area contributed by atoms with Crippen molar-refractivity contribution in [1.29, 1.82) is 0 Å². The summed E-state index contributed by atoms with van der Waals surface area (Å²) in [7, 11) is 0. The summed E-state index contributed by atoms with van der Waals surface area (Å²) in [5.41, 5.74) is 2.89. The summed E-state index contributed by atoms with van der Waals surface area (Å²) in [6, 6.07) is 3.44. The summed E-state index contributed by atoms with van der Waals surface area (Å²) < 4.78 is 0. The predicted molar refractivity (Wildman–Crippen MR) is 54.8 cm³/mol. The van der Waals surface area contributed by atoms with Crippen molar-refractivity contribution in [1.82, 2.24) is 0 Å². The fourth-order valence-corrected chi connectivity index (χ4v) is 2.15. The third-order valence-corrected chi connectivity index (χ3v) is 2.80. The molecular weight excluding hydrogens is 176 g/mol. The molecule has 0 bridgehead atoms. The second kappa shape index (κ2) is 3.45. The lowest BCUT2D eigenvalue weighted by molar-refractivity contribution is 0.0971. The van der Waals surface area contributed by atoms with Gasteiger partial charge in [0.15, 0.2) is 5.78 Å². The molecule has 74 valence electrons. The number of ketones is 1. The Kier molecular flexibility index (Phi) is 2.28. The highest BCUT2D eigenvalue weighted by Gasteiger charge is 2.20. The van der Waals surface area contributed by atoms with Crippen molar-refractivity contribution >= 4 is 5.78 Å². The van der Waals surface area contributed by atoms with Gasteiger partial charge in [-0.15, -0.1) is 0 Å². The van der Waals surface area contributed by atoms with Crippen LogP contribution in [0.5, 0.6) is 5.75 Å². The summed E-state index contributed by atoms with van der Waals surface area (Å²) in [5.74, 6) is 0.526. The molecule has 2 heteroatoms. The quantitative estimate of drug-likeness (QED) is 0.738. The SMILES string of the molecule is CCc1cc(O)cc2c1C(=O)CCC2. The fraction of sp³-hybridized carbons (Fsp3) is 0.417. The molecular formula is C12H14O2. The van der Waals surface area contributed by atoms with E-state index in [9.17, 15) is 9.90 Å². The van der Waals surface area contributed by atoms with E-state index in [0.717, 1.165) is 36.0 Å². The van der Waals surface area contributed by atoms with Gasteiger partial charge in [-0.25, -0.2) is 0 Å².